The molecule has 0 amide bonds. The first-order chi connectivity index (χ1) is 8.61. The SMILES string of the molecule is CCOc1cccc(-c2nc(C)c(C(C)O)s2)c1. The van der Waals surface area contributed by atoms with Crippen molar-refractivity contribution in [3.05, 3.63) is 34.8 Å². The van der Waals surface area contributed by atoms with Crippen molar-refractivity contribution >= 4 is 11.3 Å². The van der Waals surface area contributed by atoms with Gasteiger partial charge in [0.05, 0.1) is 23.3 Å². The number of hydrogen-bond donors (Lipinski definition) is 1. The summed E-state index contributed by atoms with van der Waals surface area (Å²) in [4.78, 5) is 5.43. The Bertz CT molecular complexity index is 534. The van der Waals surface area contributed by atoms with Gasteiger partial charge in [-0.15, -0.1) is 11.3 Å². The van der Waals surface area contributed by atoms with Gasteiger partial charge in [0.1, 0.15) is 10.8 Å². The van der Waals surface area contributed by atoms with Gasteiger partial charge in [0.15, 0.2) is 0 Å². The number of nitrogens with zero attached hydrogens (tertiary/aromatic N) is 1. The van der Waals surface area contributed by atoms with Crippen molar-refractivity contribution in [1.82, 2.24) is 4.98 Å². The highest BCUT2D eigenvalue weighted by Gasteiger charge is 2.13. The van der Waals surface area contributed by atoms with Crippen LogP contribution in [0.25, 0.3) is 10.6 Å². The Morgan fingerprint density at radius 2 is 2.22 bits per heavy atom. The van der Waals surface area contributed by atoms with Crippen molar-refractivity contribution in [3.63, 3.8) is 0 Å². The molecule has 2 rings (SSSR count). The van der Waals surface area contributed by atoms with E-state index in [2.05, 4.69) is 4.98 Å². The van der Waals surface area contributed by atoms with Crippen LogP contribution in [-0.2, 0) is 0 Å². The summed E-state index contributed by atoms with van der Waals surface area (Å²) in [5.41, 5.74) is 1.92. The average Bonchev–Trinajstić information content (AvgIpc) is 2.72. The van der Waals surface area contributed by atoms with Crippen molar-refractivity contribution < 1.29 is 9.84 Å². The van der Waals surface area contributed by atoms with E-state index in [4.69, 9.17) is 4.74 Å². The lowest BCUT2D eigenvalue weighted by molar-refractivity contribution is 0.202. The number of aryl methyl sites for hydroxylation is 1. The topological polar surface area (TPSA) is 42.4 Å². The molecule has 1 N–H and O–H groups in total. The molecular formula is C14H17NO2S. The first-order valence-electron chi connectivity index (χ1n) is 6.00. The van der Waals surface area contributed by atoms with Gasteiger partial charge in [-0.1, -0.05) is 12.1 Å². The molecule has 0 radical (unpaired) electrons. The van der Waals surface area contributed by atoms with Crippen LogP contribution in [0.2, 0.25) is 0 Å². The smallest absolute Gasteiger partial charge is 0.124 e. The zero-order chi connectivity index (χ0) is 13.1. The Balaban J connectivity index is 2.36. The number of benzene rings is 1. The van der Waals surface area contributed by atoms with Crippen LogP contribution in [0, 0.1) is 6.92 Å². The summed E-state index contributed by atoms with van der Waals surface area (Å²) < 4.78 is 5.48. The predicted molar refractivity (Wildman–Crippen MR) is 74.1 cm³/mol. The van der Waals surface area contributed by atoms with Crippen LogP contribution in [0.15, 0.2) is 24.3 Å². The fraction of sp³-hybridized carbons (Fsp3) is 0.357. The van der Waals surface area contributed by atoms with Crippen molar-refractivity contribution in [2.24, 2.45) is 0 Å². The Morgan fingerprint density at radius 3 is 2.83 bits per heavy atom. The third-order valence-corrected chi connectivity index (χ3v) is 3.98. The van der Waals surface area contributed by atoms with Crippen molar-refractivity contribution in [2.45, 2.75) is 26.9 Å². The Hall–Kier alpha value is -1.39. The zero-order valence-corrected chi connectivity index (χ0v) is 11.6. The molecule has 18 heavy (non-hydrogen) atoms. The maximum Gasteiger partial charge on any atom is 0.124 e. The molecule has 96 valence electrons. The molecule has 4 heteroatoms. The highest BCUT2D eigenvalue weighted by atomic mass is 32.1. The number of aliphatic hydroxyl groups is 1. The first-order valence-corrected chi connectivity index (χ1v) is 6.82. The van der Waals surface area contributed by atoms with Gasteiger partial charge in [0.2, 0.25) is 0 Å². The van der Waals surface area contributed by atoms with E-state index >= 15 is 0 Å². The number of thiazole rings is 1. The largest absolute Gasteiger partial charge is 0.494 e. The molecule has 1 unspecified atom stereocenters. The van der Waals surface area contributed by atoms with Crippen LogP contribution in [0.3, 0.4) is 0 Å². The Labute approximate surface area is 111 Å². The predicted octanol–water partition coefficient (Wildman–Crippen LogP) is 3.57. The molecule has 0 aliphatic carbocycles. The molecule has 1 aromatic heterocycles. The maximum absolute atomic E-state index is 9.65. The molecule has 0 saturated heterocycles. The van der Waals surface area contributed by atoms with E-state index in [1.165, 1.54) is 11.3 Å². The summed E-state index contributed by atoms with van der Waals surface area (Å²) in [6, 6.07) is 7.88. The molecular weight excluding hydrogens is 246 g/mol. The van der Waals surface area contributed by atoms with Gasteiger partial charge >= 0.3 is 0 Å². The quantitative estimate of drug-likeness (QED) is 0.917. The Morgan fingerprint density at radius 1 is 1.44 bits per heavy atom. The lowest BCUT2D eigenvalue weighted by atomic mass is 10.2. The summed E-state index contributed by atoms with van der Waals surface area (Å²) in [5.74, 6) is 0.849. The summed E-state index contributed by atoms with van der Waals surface area (Å²) in [7, 11) is 0. The first kappa shape index (κ1) is 13.1. The molecule has 0 fully saturated rings. The van der Waals surface area contributed by atoms with Crippen LogP contribution in [0.5, 0.6) is 5.75 Å². The average molecular weight is 263 g/mol. The van der Waals surface area contributed by atoms with E-state index in [1.54, 1.807) is 6.92 Å². The summed E-state index contributed by atoms with van der Waals surface area (Å²) in [6.45, 7) is 6.31. The number of ether oxygens (including phenoxy) is 1. The third kappa shape index (κ3) is 2.71. The molecule has 1 atom stereocenters. The molecule has 0 saturated carbocycles. The highest BCUT2D eigenvalue weighted by molar-refractivity contribution is 7.15. The standard InChI is InChI=1S/C14H17NO2S/c1-4-17-12-7-5-6-11(8-12)14-15-9(2)13(18-14)10(3)16/h5-8,10,16H,4H2,1-3H3. The van der Waals surface area contributed by atoms with Gasteiger partial charge in [-0.3, -0.25) is 0 Å². The summed E-state index contributed by atoms with van der Waals surface area (Å²) in [5, 5.41) is 10.6. The van der Waals surface area contributed by atoms with E-state index in [0.717, 1.165) is 26.9 Å². The van der Waals surface area contributed by atoms with Crippen molar-refractivity contribution in [1.29, 1.82) is 0 Å². The number of aromatic nitrogens is 1. The van der Waals surface area contributed by atoms with Gasteiger partial charge in [0, 0.05) is 5.56 Å². The van der Waals surface area contributed by atoms with E-state index < -0.39 is 6.10 Å². The lowest BCUT2D eigenvalue weighted by Gasteiger charge is -2.03. The van der Waals surface area contributed by atoms with Crippen LogP contribution < -0.4 is 4.74 Å². The maximum atomic E-state index is 9.65. The van der Waals surface area contributed by atoms with Crippen molar-refractivity contribution in [2.75, 3.05) is 6.61 Å². The highest BCUT2D eigenvalue weighted by Crippen LogP contribution is 2.32. The number of aliphatic hydroxyl groups excluding tert-OH is 1. The fourth-order valence-electron chi connectivity index (χ4n) is 1.80. The fourth-order valence-corrected chi connectivity index (χ4v) is 2.80. The van der Waals surface area contributed by atoms with Gasteiger partial charge in [-0.2, -0.15) is 0 Å². The molecule has 0 aliphatic rings. The van der Waals surface area contributed by atoms with Gasteiger partial charge in [-0.05, 0) is 32.9 Å². The summed E-state index contributed by atoms with van der Waals surface area (Å²) in [6.07, 6.45) is -0.466. The third-order valence-electron chi connectivity index (χ3n) is 2.60. The second kappa shape index (κ2) is 5.50. The van der Waals surface area contributed by atoms with E-state index in [9.17, 15) is 5.11 Å². The second-order valence-electron chi connectivity index (χ2n) is 4.11. The minimum atomic E-state index is -0.466. The van der Waals surface area contributed by atoms with E-state index in [-0.39, 0.29) is 0 Å². The molecule has 3 nitrogen and oxygen atoms in total. The van der Waals surface area contributed by atoms with Crippen molar-refractivity contribution in [3.8, 4) is 16.3 Å². The monoisotopic (exact) mass is 263 g/mol. The van der Waals surface area contributed by atoms with Gasteiger partial charge in [0.25, 0.3) is 0 Å². The number of hydrogen-bond acceptors (Lipinski definition) is 4. The van der Waals surface area contributed by atoms with Gasteiger partial charge < -0.3 is 9.84 Å². The van der Waals surface area contributed by atoms with Crippen LogP contribution in [0.1, 0.15) is 30.5 Å². The molecule has 1 aromatic carbocycles. The van der Waals surface area contributed by atoms with Gasteiger partial charge in [-0.25, -0.2) is 4.98 Å². The zero-order valence-electron chi connectivity index (χ0n) is 10.8. The summed E-state index contributed by atoms with van der Waals surface area (Å²) >= 11 is 1.53. The van der Waals surface area contributed by atoms with E-state index in [0.29, 0.717) is 6.61 Å². The Kier molecular flexibility index (Phi) is 3.99. The minimum absolute atomic E-state index is 0.466. The van der Waals surface area contributed by atoms with E-state index in [1.807, 2.05) is 38.1 Å². The van der Waals surface area contributed by atoms with Crippen LogP contribution >= 0.6 is 11.3 Å². The number of rotatable bonds is 4. The second-order valence-corrected chi connectivity index (χ2v) is 5.14. The molecule has 0 bridgehead atoms. The molecule has 1 heterocycles. The minimum Gasteiger partial charge on any atom is -0.494 e. The molecule has 2 aromatic rings. The van der Waals surface area contributed by atoms with Crippen LogP contribution in [-0.4, -0.2) is 16.7 Å². The molecule has 0 spiro atoms. The lowest BCUT2D eigenvalue weighted by Crippen LogP contribution is -1.91. The normalized spacial score (nSPS) is 12.4. The molecule has 0 aliphatic heterocycles. The van der Waals surface area contributed by atoms with Crippen LogP contribution in [0.4, 0.5) is 0 Å².